The predicted octanol–water partition coefficient (Wildman–Crippen LogP) is 3.84. The number of likely N-dealkylation sites (tertiary alicyclic amines) is 1. The Balaban J connectivity index is 1.94. The number of piperidine rings is 1. The molecule has 1 unspecified atom stereocenters. The third-order valence-electron chi connectivity index (χ3n) is 4.56. The molecule has 19 heavy (non-hydrogen) atoms. The van der Waals surface area contributed by atoms with Gasteiger partial charge in [0.1, 0.15) is 0 Å². The fourth-order valence-corrected chi connectivity index (χ4v) is 3.02. The standard InChI is InChI=1S/C17H28N2/c1-5-19-10-8-16(9-11-19)15(4)18-17-12-13(2)6-7-14(17)3/h6-7,12,15-16,18H,5,8-11H2,1-4H3. The predicted molar refractivity (Wildman–Crippen MR) is 83.8 cm³/mol. The zero-order chi connectivity index (χ0) is 13.8. The van der Waals surface area contributed by atoms with Gasteiger partial charge in [-0.2, -0.15) is 0 Å². The maximum absolute atomic E-state index is 3.74. The molecule has 0 aromatic heterocycles. The molecule has 2 nitrogen and oxygen atoms in total. The Morgan fingerprint density at radius 2 is 1.95 bits per heavy atom. The molecule has 1 N–H and O–H groups in total. The van der Waals surface area contributed by atoms with Crippen molar-refractivity contribution in [3.63, 3.8) is 0 Å². The maximum atomic E-state index is 3.74. The van der Waals surface area contributed by atoms with Gasteiger partial charge in [-0.1, -0.05) is 19.1 Å². The molecule has 2 heteroatoms. The molecule has 1 aliphatic rings. The monoisotopic (exact) mass is 260 g/mol. The summed E-state index contributed by atoms with van der Waals surface area (Å²) in [5.41, 5.74) is 4.00. The summed E-state index contributed by atoms with van der Waals surface area (Å²) < 4.78 is 0. The number of nitrogens with one attached hydrogen (secondary N) is 1. The van der Waals surface area contributed by atoms with Gasteiger partial charge in [0.15, 0.2) is 0 Å². The van der Waals surface area contributed by atoms with Crippen LogP contribution in [-0.2, 0) is 0 Å². The second-order valence-electron chi connectivity index (χ2n) is 6.02. The summed E-state index contributed by atoms with van der Waals surface area (Å²) in [6, 6.07) is 7.24. The van der Waals surface area contributed by atoms with Crippen LogP contribution in [0.1, 0.15) is 37.8 Å². The van der Waals surface area contributed by atoms with E-state index >= 15 is 0 Å². The van der Waals surface area contributed by atoms with E-state index in [0.717, 1.165) is 5.92 Å². The molecule has 0 aliphatic carbocycles. The van der Waals surface area contributed by atoms with Gasteiger partial charge in [-0.25, -0.2) is 0 Å². The molecule has 1 atom stereocenters. The van der Waals surface area contributed by atoms with Crippen LogP contribution in [0.5, 0.6) is 0 Å². The lowest BCUT2D eigenvalue weighted by atomic mass is 9.90. The Kier molecular flexibility index (Phi) is 4.87. The minimum Gasteiger partial charge on any atom is -0.382 e. The average Bonchev–Trinajstić information content (AvgIpc) is 2.43. The number of hydrogen-bond acceptors (Lipinski definition) is 2. The van der Waals surface area contributed by atoms with Gasteiger partial charge in [0.25, 0.3) is 0 Å². The number of anilines is 1. The van der Waals surface area contributed by atoms with E-state index in [-0.39, 0.29) is 0 Å². The number of hydrogen-bond donors (Lipinski definition) is 1. The van der Waals surface area contributed by atoms with Gasteiger partial charge in [0, 0.05) is 11.7 Å². The summed E-state index contributed by atoms with van der Waals surface area (Å²) >= 11 is 0. The van der Waals surface area contributed by atoms with E-state index < -0.39 is 0 Å². The van der Waals surface area contributed by atoms with Crippen molar-refractivity contribution in [2.75, 3.05) is 25.0 Å². The molecule has 0 amide bonds. The summed E-state index contributed by atoms with van der Waals surface area (Å²) in [7, 11) is 0. The van der Waals surface area contributed by atoms with Crippen LogP contribution in [0.15, 0.2) is 18.2 Å². The smallest absolute Gasteiger partial charge is 0.0374 e. The Bertz CT molecular complexity index is 406. The SMILES string of the molecule is CCN1CCC(C(C)Nc2cc(C)ccc2C)CC1. The number of benzene rings is 1. The molecule has 0 spiro atoms. The lowest BCUT2D eigenvalue weighted by Gasteiger charge is -2.35. The molecule has 2 rings (SSSR count). The Labute approximate surface area is 118 Å². The van der Waals surface area contributed by atoms with Gasteiger partial charge >= 0.3 is 0 Å². The lowest BCUT2D eigenvalue weighted by molar-refractivity contribution is 0.183. The molecule has 0 saturated carbocycles. The second kappa shape index (κ2) is 6.42. The third kappa shape index (κ3) is 3.73. The number of aryl methyl sites for hydroxylation is 2. The first kappa shape index (κ1) is 14.4. The van der Waals surface area contributed by atoms with Gasteiger partial charge in [-0.3, -0.25) is 0 Å². The summed E-state index contributed by atoms with van der Waals surface area (Å²) in [4.78, 5) is 2.56. The molecule has 1 fully saturated rings. The van der Waals surface area contributed by atoms with Crippen LogP contribution >= 0.6 is 0 Å². The first-order valence-corrected chi connectivity index (χ1v) is 7.66. The van der Waals surface area contributed by atoms with E-state index in [1.54, 1.807) is 0 Å². The molecule has 0 radical (unpaired) electrons. The molecular formula is C17H28N2. The first-order chi connectivity index (χ1) is 9.10. The second-order valence-corrected chi connectivity index (χ2v) is 6.02. The molecule has 1 saturated heterocycles. The van der Waals surface area contributed by atoms with Crippen LogP contribution < -0.4 is 5.32 Å². The van der Waals surface area contributed by atoms with E-state index in [2.05, 4.69) is 56.1 Å². The zero-order valence-electron chi connectivity index (χ0n) is 12.9. The van der Waals surface area contributed by atoms with Crippen molar-refractivity contribution < 1.29 is 0 Å². The van der Waals surface area contributed by atoms with Gasteiger partial charge in [0.05, 0.1) is 0 Å². The Morgan fingerprint density at radius 3 is 2.58 bits per heavy atom. The topological polar surface area (TPSA) is 15.3 Å². The van der Waals surface area contributed by atoms with Crippen LogP contribution in [0.25, 0.3) is 0 Å². The lowest BCUT2D eigenvalue weighted by Crippen LogP contribution is -2.39. The normalized spacial score (nSPS) is 19.4. The Morgan fingerprint density at radius 1 is 1.26 bits per heavy atom. The van der Waals surface area contributed by atoms with Gasteiger partial charge in [0.2, 0.25) is 0 Å². The van der Waals surface area contributed by atoms with Crippen molar-refractivity contribution in [2.24, 2.45) is 5.92 Å². The molecule has 1 aliphatic heterocycles. The number of rotatable bonds is 4. The fraction of sp³-hybridized carbons (Fsp3) is 0.647. The summed E-state index contributed by atoms with van der Waals surface area (Å²) in [6.07, 6.45) is 2.65. The maximum Gasteiger partial charge on any atom is 0.0374 e. The minimum absolute atomic E-state index is 0.569. The van der Waals surface area contributed by atoms with Crippen LogP contribution in [0.3, 0.4) is 0 Å². The van der Waals surface area contributed by atoms with Gasteiger partial charge in [-0.15, -0.1) is 0 Å². The fourth-order valence-electron chi connectivity index (χ4n) is 3.02. The molecule has 1 heterocycles. The van der Waals surface area contributed by atoms with E-state index in [1.165, 1.54) is 49.3 Å². The van der Waals surface area contributed by atoms with Crippen molar-refractivity contribution in [3.05, 3.63) is 29.3 Å². The summed E-state index contributed by atoms with van der Waals surface area (Å²) in [5, 5.41) is 3.74. The van der Waals surface area contributed by atoms with E-state index in [4.69, 9.17) is 0 Å². The van der Waals surface area contributed by atoms with Crippen molar-refractivity contribution in [1.82, 2.24) is 4.90 Å². The molecule has 1 aromatic carbocycles. The number of nitrogens with zero attached hydrogens (tertiary/aromatic N) is 1. The largest absolute Gasteiger partial charge is 0.382 e. The van der Waals surface area contributed by atoms with Gasteiger partial charge < -0.3 is 10.2 Å². The van der Waals surface area contributed by atoms with Crippen LogP contribution in [0.4, 0.5) is 5.69 Å². The average molecular weight is 260 g/mol. The zero-order valence-corrected chi connectivity index (χ0v) is 12.9. The highest BCUT2D eigenvalue weighted by Crippen LogP contribution is 2.25. The van der Waals surface area contributed by atoms with Crippen molar-refractivity contribution in [1.29, 1.82) is 0 Å². The molecular weight excluding hydrogens is 232 g/mol. The molecule has 0 bridgehead atoms. The third-order valence-corrected chi connectivity index (χ3v) is 4.56. The Hall–Kier alpha value is -1.02. The van der Waals surface area contributed by atoms with E-state index in [9.17, 15) is 0 Å². The summed E-state index contributed by atoms with van der Waals surface area (Å²) in [6.45, 7) is 12.7. The highest BCUT2D eigenvalue weighted by Gasteiger charge is 2.23. The molecule has 106 valence electrons. The minimum atomic E-state index is 0.569. The van der Waals surface area contributed by atoms with Crippen LogP contribution in [0.2, 0.25) is 0 Å². The van der Waals surface area contributed by atoms with E-state index in [1.807, 2.05) is 0 Å². The highest BCUT2D eigenvalue weighted by molar-refractivity contribution is 5.53. The van der Waals surface area contributed by atoms with Crippen LogP contribution in [-0.4, -0.2) is 30.6 Å². The van der Waals surface area contributed by atoms with Crippen molar-refractivity contribution in [3.8, 4) is 0 Å². The van der Waals surface area contributed by atoms with Crippen molar-refractivity contribution >= 4 is 5.69 Å². The van der Waals surface area contributed by atoms with Crippen LogP contribution in [0, 0.1) is 19.8 Å². The highest BCUT2D eigenvalue weighted by atomic mass is 15.1. The quantitative estimate of drug-likeness (QED) is 0.885. The summed E-state index contributed by atoms with van der Waals surface area (Å²) in [5.74, 6) is 0.808. The van der Waals surface area contributed by atoms with Crippen molar-refractivity contribution in [2.45, 2.75) is 46.6 Å². The van der Waals surface area contributed by atoms with Gasteiger partial charge in [-0.05, 0) is 76.4 Å². The van der Waals surface area contributed by atoms with E-state index in [0.29, 0.717) is 6.04 Å². The molecule has 1 aromatic rings. The first-order valence-electron chi connectivity index (χ1n) is 7.66.